The molecule has 1 aromatic heterocycles. The van der Waals surface area contributed by atoms with E-state index < -0.39 is 11.8 Å². The van der Waals surface area contributed by atoms with Crippen LogP contribution in [0.1, 0.15) is 40.3 Å². The number of carbonyl (C=O) groups is 3. The second kappa shape index (κ2) is 8.72. The number of benzene rings is 2. The first-order valence-corrected chi connectivity index (χ1v) is 10.6. The third-order valence-corrected chi connectivity index (χ3v) is 6.12. The van der Waals surface area contributed by atoms with Gasteiger partial charge in [0.15, 0.2) is 11.3 Å². The van der Waals surface area contributed by atoms with E-state index in [0.29, 0.717) is 13.1 Å². The van der Waals surface area contributed by atoms with Crippen molar-refractivity contribution >= 4 is 40.2 Å². The van der Waals surface area contributed by atoms with E-state index in [2.05, 4.69) is 29.1 Å². The number of nitrogens with zero attached hydrogens (tertiary/aromatic N) is 3. The summed E-state index contributed by atoms with van der Waals surface area (Å²) in [6, 6.07) is 13.0. The maximum absolute atomic E-state index is 13.4. The molecule has 2 aromatic carbocycles. The molecule has 1 N–H and O–H groups in total. The Morgan fingerprint density at radius 2 is 1.84 bits per heavy atom. The molecule has 0 spiro atoms. The molecule has 0 unspecified atom stereocenters. The highest BCUT2D eigenvalue weighted by atomic mass is 35.5. The Balaban J connectivity index is 1.59. The number of fused-ring (bicyclic) bond motifs is 1. The second-order valence-electron chi connectivity index (χ2n) is 8.06. The van der Waals surface area contributed by atoms with Gasteiger partial charge < -0.3 is 14.5 Å². The van der Waals surface area contributed by atoms with Gasteiger partial charge in [-0.15, -0.1) is 0 Å². The van der Waals surface area contributed by atoms with Gasteiger partial charge in [0.05, 0.1) is 16.0 Å². The molecule has 3 aromatic rings. The van der Waals surface area contributed by atoms with E-state index in [0.717, 1.165) is 6.54 Å². The van der Waals surface area contributed by atoms with Gasteiger partial charge in [-0.2, -0.15) is 0 Å². The van der Waals surface area contributed by atoms with Crippen molar-refractivity contribution < 1.29 is 24.0 Å². The summed E-state index contributed by atoms with van der Waals surface area (Å²) in [6.07, 6.45) is 0. The third kappa shape index (κ3) is 4.11. The Morgan fingerprint density at radius 1 is 1.12 bits per heavy atom. The lowest BCUT2D eigenvalue weighted by atomic mass is 10.0. The normalized spacial score (nSPS) is 19.3. The Morgan fingerprint density at radius 3 is 2.53 bits per heavy atom. The zero-order chi connectivity index (χ0) is 23.0. The predicted molar refractivity (Wildman–Crippen MR) is 118 cm³/mol. The number of carbonyl (C=O) groups excluding carboxylic acids is 2. The van der Waals surface area contributed by atoms with Crippen LogP contribution in [0, 0.1) is 0 Å². The number of carboxylic acid groups (broad SMARTS) is 1. The van der Waals surface area contributed by atoms with Gasteiger partial charge in [-0.3, -0.25) is 14.5 Å². The van der Waals surface area contributed by atoms with Crippen molar-refractivity contribution in [3.05, 3.63) is 64.3 Å². The van der Waals surface area contributed by atoms with Crippen molar-refractivity contribution in [3.8, 4) is 0 Å². The topological polar surface area (TPSA) is 104 Å². The minimum atomic E-state index is -1.65. The fourth-order valence-corrected chi connectivity index (χ4v) is 4.30. The van der Waals surface area contributed by atoms with Gasteiger partial charge in [-0.1, -0.05) is 47.1 Å². The number of aromatic nitrogens is 1. The summed E-state index contributed by atoms with van der Waals surface area (Å²) in [6.45, 7) is 6.04. The number of ketones is 1. The second-order valence-corrected chi connectivity index (χ2v) is 8.47. The number of hydrogen-bond acceptors (Lipinski definition) is 6. The zero-order valence-corrected chi connectivity index (χ0v) is 18.4. The van der Waals surface area contributed by atoms with Gasteiger partial charge in [-0.05, 0) is 25.5 Å². The fourth-order valence-electron chi connectivity index (χ4n) is 4.06. The van der Waals surface area contributed by atoms with E-state index in [1.165, 1.54) is 17.7 Å². The maximum atomic E-state index is 13.4. The molecule has 2 heterocycles. The van der Waals surface area contributed by atoms with Gasteiger partial charge in [0.25, 0.3) is 11.7 Å². The van der Waals surface area contributed by atoms with Crippen LogP contribution >= 0.6 is 11.6 Å². The van der Waals surface area contributed by atoms with E-state index in [1.807, 2.05) is 25.1 Å². The lowest BCUT2D eigenvalue weighted by Gasteiger charge is -2.44. The van der Waals surface area contributed by atoms with Gasteiger partial charge in [0.2, 0.25) is 0 Å². The number of Topliss-reactive ketones (excluding diaryl/α,β-unsaturated/α-hetero) is 1. The SMILES string of the molecule is C[C@@H]1CN(Cc2ccccc2)[C@@H](C)CN1C(=O)c1cc2c(C(=O)C(=O)O)noc2cc1Cl. The van der Waals surface area contributed by atoms with Gasteiger partial charge in [-0.25, -0.2) is 4.79 Å². The van der Waals surface area contributed by atoms with Crippen LogP contribution in [-0.4, -0.2) is 62.9 Å². The first-order valence-electron chi connectivity index (χ1n) is 10.2. The zero-order valence-electron chi connectivity index (χ0n) is 17.6. The molecule has 1 fully saturated rings. The molecule has 1 saturated heterocycles. The smallest absolute Gasteiger partial charge is 0.379 e. The number of amides is 1. The van der Waals surface area contributed by atoms with Crippen molar-refractivity contribution in [1.29, 1.82) is 0 Å². The van der Waals surface area contributed by atoms with E-state index in [-0.39, 0.29) is 45.2 Å². The van der Waals surface area contributed by atoms with Crippen molar-refractivity contribution in [1.82, 2.24) is 15.0 Å². The molecular weight excluding hydrogens is 434 g/mol. The fraction of sp³-hybridized carbons (Fsp3) is 0.304. The van der Waals surface area contributed by atoms with Gasteiger partial charge >= 0.3 is 5.97 Å². The molecule has 1 aliphatic heterocycles. The maximum Gasteiger partial charge on any atom is 0.379 e. The summed E-state index contributed by atoms with van der Waals surface area (Å²) < 4.78 is 5.04. The highest BCUT2D eigenvalue weighted by Gasteiger charge is 2.34. The van der Waals surface area contributed by atoms with Crippen LogP contribution in [0.4, 0.5) is 0 Å². The number of aliphatic carboxylic acids is 1. The minimum absolute atomic E-state index is 0.0724. The Bertz CT molecular complexity index is 1190. The van der Waals surface area contributed by atoms with E-state index >= 15 is 0 Å². The Kier molecular flexibility index (Phi) is 5.99. The molecule has 166 valence electrons. The number of halogens is 1. The number of hydrogen-bond donors (Lipinski definition) is 1. The molecule has 2 atom stereocenters. The predicted octanol–water partition coefficient (Wildman–Crippen LogP) is 3.48. The standard InChI is InChI=1S/C23H22ClN3O5/c1-13-11-27(14(2)10-26(13)12-15-6-4-3-5-7-15)22(29)16-8-17-19(9-18(16)24)32-25-20(17)21(28)23(30)31/h3-9,13-14H,10-12H2,1-2H3,(H,30,31)/t13-,14+/m0/s1. The van der Waals surface area contributed by atoms with E-state index in [4.69, 9.17) is 21.2 Å². The van der Waals surface area contributed by atoms with Crippen molar-refractivity contribution in [2.45, 2.75) is 32.5 Å². The average molecular weight is 456 g/mol. The highest BCUT2D eigenvalue weighted by Crippen LogP contribution is 2.29. The van der Waals surface area contributed by atoms with Crippen LogP contribution < -0.4 is 0 Å². The number of piperazine rings is 1. The summed E-state index contributed by atoms with van der Waals surface area (Å²) in [5.41, 5.74) is 1.18. The first kappa shape index (κ1) is 22.0. The lowest BCUT2D eigenvalue weighted by Crippen LogP contribution is -2.57. The number of rotatable bonds is 5. The van der Waals surface area contributed by atoms with Crippen LogP contribution in [0.25, 0.3) is 11.0 Å². The summed E-state index contributed by atoms with van der Waals surface area (Å²) in [4.78, 5) is 40.5. The quantitative estimate of drug-likeness (QED) is 0.464. The summed E-state index contributed by atoms with van der Waals surface area (Å²) in [7, 11) is 0. The molecule has 0 bridgehead atoms. The summed E-state index contributed by atoms with van der Waals surface area (Å²) in [5.74, 6) is -3.15. The minimum Gasteiger partial charge on any atom is -0.475 e. The van der Waals surface area contributed by atoms with Crippen LogP contribution in [0.2, 0.25) is 5.02 Å². The Hall–Kier alpha value is -3.23. The molecule has 0 saturated carbocycles. The molecule has 1 amide bonds. The van der Waals surface area contributed by atoms with Crippen LogP contribution in [0.15, 0.2) is 47.0 Å². The molecular formula is C23H22ClN3O5. The molecule has 1 aliphatic rings. The van der Waals surface area contributed by atoms with Crippen LogP contribution in [0.3, 0.4) is 0 Å². The van der Waals surface area contributed by atoms with Crippen molar-refractivity contribution in [2.24, 2.45) is 0 Å². The molecule has 0 radical (unpaired) electrons. The van der Waals surface area contributed by atoms with Crippen LogP contribution in [0.5, 0.6) is 0 Å². The third-order valence-electron chi connectivity index (χ3n) is 5.80. The highest BCUT2D eigenvalue weighted by molar-refractivity contribution is 6.42. The van der Waals surface area contributed by atoms with Crippen LogP contribution in [-0.2, 0) is 11.3 Å². The van der Waals surface area contributed by atoms with Crippen molar-refractivity contribution in [3.63, 3.8) is 0 Å². The van der Waals surface area contributed by atoms with Gasteiger partial charge in [0, 0.05) is 37.8 Å². The molecule has 32 heavy (non-hydrogen) atoms. The first-order chi connectivity index (χ1) is 15.3. The van der Waals surface area contributed by atoms with Crippen molar-refractivity contribution in [2.75, 3.05) is 13.1 Å². The molecule has 9 heteroatoms. The van der Waals surface area contributed by atoms with E-state index in [9.17, 15) is 14.4 Å². The molecule has 8 nitrogen and oxygen atoms in total. The van der Waals surface area contributed by atoms with Gasteiger partial charge in [0.1, 0.15) is 0 Å². The Labute approximate surface area is 189 Å². The summed E-state index contributed by atoms with van der Waals surface area (Å²) >= 11 is 6.34. The average Bonchev–Trinajstić information content (AvgIpc) is 3.17. The number of carboxylic acids is 1. The monoisotopic (exact) mass is 455 g/mol. The lowest BCUT2D eigenvalue weighted by molar-refractivity contribution is -0.131. The summed E-state index contributed by atoms with van der Waals surface area (Å²) in [5, 5.41) is 12.9. The largest absolute Gasteiger partial charge is 0.475 e. The molecule has 0 aliphatic carbocycles. The van der Waals surface area contributed by atoms with E-state index in [1.54, 1.807) is 4.90 Å². The molecule has 4 rings (SSSR count).